The van der Waals surface area contributed by atoms with Gasteiger partial charge in [0, 0.05) is 12.2 Å². The number of hydrogen-bond acceptors (Lipinski definition) is 4. The molecule has 114 valence electrons. The maximum atomic E-state index is 11.7. The van der Waals surface area contributed by atoms with Crippen LogP contribution in [0.15, 0.2) is 25.3 Å². The lowest BCUT2D eigenvalue weighted by molar-refractivity contribution is -0.213. The summed E-state index contributed by atoms with van der Waals surface area (Å²) in [4.78, 5) is 23.4. The molecule has 0 aliphatic carbocycles. The molecule has 0 aromatic heterocycles. The Morgan fingerprint density at radius 3 is 1.20 bits per heavy atom. The SMILES string of the molecule is C=CC(=O)OC(CC)(CC)C(CC)(CC)OC(=O)C=C. The van der Waals surface area contributed by atoms with E-state index in [4.69, 9.17) is 9.47 Å². The summed E-state index contributed by atoms with van der Waals surface area (Å²) in [6.45, 7) is 14.5. The Morgan fingerprint density at radius 2 is 1.05 bits per heavy atom. The summed E-state index contributed by atoms with van der Waals surface area (Å²) in [6, 6.07) is 0. The number of rotatable bonds is 9. The van der Waals surface area contributed by atoms with Gasteiger partial charge in [-0.25, -0.2) is 9.59 Å². The molecule has 0 spiro atoms. The molecule has 0 bridgehead atoms. The van der Waals surface area contributed by atoms with Crippen molar-refractivity contribution in [1.82, 2.24) is 0 Å². The van der Waals surface area contributed by atoms with Gasteiger partial charge in [0.1, 0.15) is 0 Å². The molecule has 0 aromatic rings. The van der Waals surface area contributed by atoms with Gasteiger partial charge in [-0.05, 0) is 25.7 Å². The minimum Gasteiger partial charge on any atom is -0.452 e. The van der Waals surface area contributed by atoms with Crippen LogP contribution in [0, 0.1) is 0 Å². The molecule has 4 heteroatoms. The summed E-state index contributed by atoms with van der Waals surface area (Å²) >= 11 is 0. The molecule has 0 radical (unpaired) electrons. The van der Waals surface area contributed by atoms with Crippen molar-refractivity contribution in [3.8, 4) is 0 Å². The van der Waals surface area contributed by atoms with Gasteiger partial charge in [0.15, 0.2) is 11.2 Å². The van der Waals surface area contributed by atoms with Crippen LogP contribution >= 0.6 is 0 Å². The largest absolute Gasteiger partial charge is 0.452 e. The van der Waals surface area contributed by atoms with Gasteiger partial charge in [-0.15, -0.1) is 0 Å². The quantitative estimate of drug-likeness (QED) is 0.479. The number of hydrogen-bond donors (Lipinski definition) is 0. The standard InChI is InChI=1S/C16H26O4/c1-7-13(17)19-15(9-3,10-4)16(11-5,12-6)20-14(18)8-2/h7-8H,1-2,9-12H2,3-6H3. The van der Waals surface area contributed by atoms with E-state index in [9.17, 15) is 9.59 Å². The van der Waals surface area contributed by atoms with Crippen LogP contribution in [0.4, 0.5) is 0 Å². The lowest BCUT2D eigenvalue weighted by Crippen LogP contribution is -2.57. The summed E-state index contributed by atoms with van der Waals surface area (Å²) in [5.74, 6) is -1.01. The normalized spacial score (nSPS) is 11.6. The number of carbonyl (C=O) groups is 2. The van der Waals surface area contributed by atoms with Crippen molar-refractivity contribution in [3.05, 3.63) is 25.3 Å². The van der Waals surface area contributed by atoms with Gasteiger partial charge in [-0.2, -0.15) is 0 Å². The fourth-order valence-corrected chi connectivity index (χ4v) is 2.73. The monoisotopic (exact) mass is 282 g/mol. The van der Waals surface area contributed by atoms with Crippen LogP contribution in [-0.4, -0.2) is 23.1 Å². The van der Waals surface area contributed by atoms with Gasteiger partial charge in [0.2, 0.25) is 0 Å². The fourth-order valence-electron chi connectivity index (χ4n) is 2.73. The van der Waals surface area contributed by atoms with Gasteiger partial charge in [-0.1, -0.05) is 40.9 Å². The average Bonchev–Trinajstić information content (AvgIpc) is 2.49. The predicted molar refractivity (Wildman–Crippen MR) is 79.2 cm³/mol. The zero-order chi connectivity index (χ0) is 15.8. The van der Waals surface area contributed by atoms with E-state index in [0.29, 0.717) is 25.7 Å². The minimum atomic E-state index is -0.861. The van der Waals surface area contributed by atoms with Gasteiger partial charge >= 0.3 is 11.9 Å². The lowest BCUT2D eigenvalue weighted by Gasteiger charge is -2.47. The Hall–Kier alpha value is -1.58. The number of carbonyl (C=O) groups excluding carboxylic acids is 2. The highest BCUT2D eigenvalue weighted by molar-refractivity contribution is 5.82. The third kappa shape index (κ3) is 3.50. The van der Waals surface area contributed by atoms with Gasteiger partial charge in [0.05, 0.1) is 0 Å². The Kier molecular flexibility index (Phi) is 7.25. The van der Waals surface area contributed by atoms with E-state index < -0.39 is 23.1 Å². The van der Waals surface area contributed by atoms with Crippen molar-refractivity contribution in [2.75, 3.05) is 0 Å². The molecule has 0 aliphatic heterocycles. The van der Waals surface area contributed by atoms with E-state index >= 15 is 0 Å². The van der Waals surface area contributed by atoms with Crippen molar-refractivity contribution in [1.29, 1.82) is 0 Å². The highest BCUT2D eigenvalue weighted by Crippen LogP contribution is 2.41. The Balaban J connectivity index is 5.74. The van der Waals surface area contributed by atoms with Crippen LogP contribution in [0.3, 0.4) is 0 Å². The molecule has 0 saturated carbocycles. The van der Waals surface area contributed by atoms with E-state index in [2.05, 4.69) is 13.2 Å². The second-order valence-electron chi connectivity index (χ2n) is 4.65. The zero-order valence-corrected chi connectivity index (χ0v) is 13.0. The van der Waals surface area contributed by atoms with E-state index in [1.54, 1.807) is 0 Å². The van der Waals surface area contributed by atoms with Crippen LogP contribution in [0.25, 0.3) is 0 Å². The van der Waals surface area contributed by atoms with Crippen molar-refractivity contribution >= 4 is 11.9 Å². The predicted octanol–water partition coefficient (Wildman–Crippen LogP) is 3.56. The minimum absolute atomic E-state index is 0.505. The summed E-state index contributed by atoms with van der Waals surface area (Å²) in [7, 11) is 0. The van der Waals surface area contributed by atoms with Gasteiger partial charge in [-0.3, -0.25) is 0 Å². The Bertz CT molecular complexity index is 327. The zero-order valence-electron chi connectivity index (χ0n) is 13.0. The average molecular weight is 282 g/mol. The summed E-state index contributed by atoms with van der Waals surface area (Å²) < 4.78 is 11.2. The number of ether oxygens (including phenoxy) is 2. The van der Waals surface area contributed by atoms with E-state index in [1.165, 1.54) is 0 Å². The van der Waals surface area contributed by atoms with Crippen LogP contribution in [0.1, 0.15) is 53.4 Å². The van der Waals surface area contributed by atoms with Gasteiger partial charge < -0.3 is 9.47 Å². The molecule has 4 nitrogen and oxygen atoms in total. The molecule has 0 saturated heterocycles. The first-order valence-electron chi connectivity index (χ1n) is 7.11. The highest BCUT2D eigenvalue weighted by atomic mass is 16.6. The third-order valence-corrected chi connectivity index (χ3v) is 4.04. The van der Waals surface area contributed by atoms with E-state index in [0.717, 1.165) is 12.2 Å². The Labute approximate surface area is 121 Å². The summed E-state index contributed by atoms with van der Waals surface area (Å²) in [6.07, 6.45) is 4.46. The first kappa shape index (κ1) is 18.4. The molecule has 0 rings (SSSR count). The molecule has 0 heterocycles. The molecule has 0 aliphatic rings. The molecular formula is C16H26O4. The molecule has 0 fully saturated rings. The van der Waals surface area contributed by atoms with Crippen molar-refractivity contribution in [2.24, 2.45) is 0 Å². The lowest BCUT2D eigenvalue weighted by atomic mass is 9.74. The van der Waals surface area contributed by atoms with E-state index in [-0.39, 0.29) is 0 Å². The Morgan fingerprint density at radius 1 is 0.800 bits per heavy atom. The summed E-state index contributed by atoms with van der Waals surface area (Å²) in [5, 5.41) is 0. The molecule has 0 amide bonds. The highest BCUT2D eigenvalue weighted by Gasteiger charge is 2.52. The van der Waals surface area contributed by atoms with Crippen molar-refractivity contribution in [2.45, 2.75) is 64.6 Å². The van der Waals surface area contributed by atoms with E-state index in [1.807, 2.05) is 27.7 Å². The van der Waals surface area contributed by atoms with Crippen LogP contribution < -0.4 is 0 Å². The number of esters is 2. The fraction of sp³-hybridized carbons (Fsp3) is 0.625. The smallest absolute Gasteiger partial charge is 0.330 e. The second kappa shape index (κ2) is 7.88. The summed E-state index contributed by atoms with van der Waals surface area (Å²) in [5.41, 5.74) is -1.72. The molecule has 0 unspecified atom stereocenters. The molecular weight excluding hydrogens is 256 g/mol. The molecule has 0 N–H and O–H groups in total. The maximum Gasteiger partial charge on any atom is 0.330 e. The first-order chi connectivity index (χ1) is 9.40. The molecule has 20 heavy (non-hydrogen) atoms. The van der Waals surface area contributed by atoms with Crippen molar-refractivity contribution < 1.29 is 19.1 Å². The second-order valence-corrected chi connectivity index (χ2v) is 4.65. The third-order valence-electron chi connectivity index (χ3n) is 4.04. The van der Waals surface area contributed by atoms with Gasteiger partial charge in [0.25, 0.3) is 0 Å². The molecule has 0 atom stereocenters. The topological polar surface area (TPSA) is 52.6 Å². The van der Waals surface area contributed by atoms with Crippen LogP contribution in [0.5, 0.6) is 0 Å². The molecule has 0 aromatic carbocycles. The first-order valence-corrected chi connectivity index (χ1v) is 7.11. The van der Waals surface area contributed by atoms with Crippen LogP contribution in [-0.2, 0) is 19.1 Å². The van der Waals surface area contributed by atoms with Crippen molar-refractivity contribution in [3.63, 3.8) is 0 Å². The van der Waals surface area contributed by atoms with Crippen LogP contribution in [0.2, 0.25) is 0 Å². The maximum absolute atomic E-state index is 11.7.